The van der Waals surface area contributed by atoms with Crippen molar-refractivity contribution in [3.05, 3.63) is 29.0 Å². The summed E-state index contributed by atoms with van der Waals surface area (Å²) in [6, 6.07) is 1.59. The Morgan fingerprint density at radius 2 is 2.45 bits per heavy atom. The van der Waals surface area contributed by atoms with Gasteiger partial charge in [-0.3, -0.25) is 9.78 Å². The minimum atomic E-state index is -0.158. The summed E-state index contributed by atoms with van der Waals surface area (Å²) in [6.07, 6.45) is 3.00. The predicted octanol–water partition coefficient (Wildman–Crippen LogP) is -0.255. The highest BCUT2D eigenvalue weighted by Gasteiger charge is 2.06. The lowest BCUT2D eigenvalue weighted by Gasteiger charge is -1.99. The third kappa shape index (κ3) is 1.78. The molecule has 3 nitrogen and oxygen atoms in total. The monoisotopic (exact) mass is 186 g/mol. The SMILES string of the molecule is O=C(N[SiH3])c1cnccc1Cl. The molecule has 0 saturated carbocycles. The molecule has 0 aromatic carbocycles. The standard InChI is InChI=1S/C6H7ClN2OSi/c7-5-1-2-8-3-4(5)6(10)9-11/h1-3H,11H3,(H,9,10). The lowest BCUT2D eigenvalue weighted by molar-refractivity contribution is 0.0981. The van der Waals surface area contributed by atoms with Gasteiger partial charge in [-0.05, 0) is 6.07 Å². The Labute approximate surface area is 72.3 Å². The van der Waals surface area contributed by atoms with Crippen LogP contribution >= 0.6 is 11.6 Å². The smallest absolute Gasteiger partial charge is 0.245 e. The summed E-state index contributed by atoms with van der Waals surface area (Å²) in [6.45, 7) is 0. The maximum atomic E-state index is 11.0. The topological polar surface area (TPSA) is 42.0 Å². The van der Waals surface area contributed by atoms with Gasteiger partial charge in [-0.15, -0.1) is 0 Å². The van der Waals surface area contributed by atoms with E-state index < -0.39 is 0 Å². The maximum absolute atomic E-state index is 11.0. The normalized spacial score (nSPS) is 9.55. The van der Waals surface area contributed by atoms with Crippen LogP contribution in [0.15, 0.2) is 18.5 Å². The summed E-state index contributed by atoms with van der Waals surface area (Å²) in [7, 11) is 0.620. The molecule has 0 fully saturated rings. The molecule has 0 atom stereocenters. The first kappa shape index (κ1) is 8.23. The average Bonchev–Trinajstić information content (AvgIpc) is 2.04. The van der Waals surface area contributed by atoms with Crippen molar-refractivity contribution in [2.75, 3.05) is 0 Å². The number of hydrogen-bond acceptors (Lipinski definition) is 2. The van der Waals surface area contributed by atoms with Crippen molar-refractivity contribution in [2.24, 2.45) is 0 Å². The molecule has 0 unspecified atom stereocenters. The number of amides is 1. The van der Waals surface area contributed by atoms with Gasteiger partial charge < -0.3 is 4.98 Å². The number of hydrogen-bond donors (Lipinski definition) is 1. The fraction of sp³-hybridized carbons (Fsp3) is 0. The van der Waals surface area contributed by atoms with Crippen molar-refractivity contribution >= 4 is 27.9 Å². The van der Waals surface area contributed by atoms with E-state index >= 15 is 0 Å². The average molecular weight is 187 g/mol. The molecule has 0 aliphatic rings. The Morgan fingerprint density at radius 3 is 3.00 bits per heavy atom. The highest BCUT2D eigenvalue weighted by atomic mass is 35.5. The summed E-state index contributed by atoms with van der Waals surface area (Å²) >= 11 is 5.71. The lowest BCUT2D eigenvalue weighted by Crippen LogP contribution is -2.19. The van der Waals surface area contributed by atoms with E-state index in [4.69, 9.17) is 11.6 Å². The van der Waals surface area contributed by atoms with Crippen LogP contribution in [0, 0.1) is 0 Å². The fourth-order valence-corrected chi connectivity index (χ4v) is 1.14. The van der Waals surface area contributed by atoms with Gasteiger partial charge in [-0.1, -0.05) is 11.6 Å². The van der Waals surface area contributed by atoms with Gasteiger partial charge in [0.05, 0.1) is 10.6 Å². The first-order valence-electron chi connectivity index (χ1n) is 3.07. The molecule has 5 heteroatoms. The summed E-state index contributed by atoms with van der Waals surface area (Å²) in [5, 5.41) is 0.438. The Bertz CT molecular complexity index is 279. The van der Waals surface area contributed by atoms with Crippen LogP contribution in [0.5, 0.6) is 0 Å². The molecule has 1 aromatic heterocycles. The number of rotatable bonds is 1. The van der Waals surface area contributed by atoms with Crippen LogP contribution in [-0.4, -0.2) is 21.3 Å². The van der Waals surface area contributed by atoms with Crippen molar-refractivity contribution in [3.8, 4) is 0 Å². The molecule has 11 heavy (non-hydrogen) atoms. The molecule has 0 saturated heterocycles. The van der Waals surface area contributed by atoms with E-state index in [2.05, 4.69) is 9.97 Å². The van der Waals surface area contributed by atoms with Crippen molar-refractivity contribution in [3.63, 3.8) is 0 Å². The Balaban J connectivity index is 3.03. The first-order valence-corrected chi connectivity index (χ1v) is 4.45. The molecule has 0 radical (unpaired) electrons. The number of aromatic nitrogens is 1. The largest absolute Gasteiger partial charge is 0.387 e. The van der Waals surface area contributed by atoms with Crippen LogP contribution in [-0.2, 0) is 0 Å². The Morgan fingerprint density at radius 1 is 1.73 bits per heavy atom. The Hall–Kier alpha value is -0.873. The number of halogens is 1. The van der Waals surface area contributed by atoms with Crippen molar-refractivity contribution in [2.45, 2.75) is 0 Å². The van der Waals surface area contributed by atoms with Crippen LogP contribution in [0.2, 0.25) is 5.02 Å². The summed E-state index contributed by atoms with van der Waals surface area (Å²) in [4.78, 5) is 17.4. The second-order valence-electron chi connectivity index (χ2n) is 1.93. The van der Waals surface area contributed by atoms with Crippen LogP contribution < -0.4 is 4.98 Å². The molecule has 58 valence electrons. The van der Waals surface area contributed by atoms with E-state index in [1.807, 2.05) is 0 Å². The molecule has 1 aromatic rings. The van der Waals surface area contributed by atoms with Crippen LogP contribution in [0.25, 0.3) is 0 Å². The number of nitrogens with zero attached hydrogens (tertiary/aromatic N) is 1. The van der Waals surface area contributed by atoms with Crippen LogP contribution in [0.1, 0.15) is 10.4 Å². The predicted molar refractivity (Wildman–Crippen MR) is 46.7 cm³/mol. The summed E-state index contributed by atoms with van der Waals surface area (Å²) < 4.78 is 0. The Kier molecular flexibility index (Phi) is 2.62. The van der Waals surface area contributed by atoms with E-state index in [1.54, 1.807) is 12.3 Å². The second kappa shape index (κ2) is 3.50. The van der Waals surface area contributed by atoms with Gasteiger partial charge in [0.15, 0.2) is 0 Å². The second-order valence-corrected chi connectivity index (χ2v) is 2.84. The van der Waals surface area contributed by atoms with Gasteiger partial charge >= 0.3 is 0 Å². The number of carbonyl (C=O) groups is 1. The number of carbonyl (C=O) groups excluding carboxylic acids is 1. The van der Waals surface area contributed by atoms with E-state index in [0.717, 1.165) is 0 Å². The van der Waals surface area contributed by atoms with E-state index in [-0.39, 0.29) is 5.91 Å². The fourth-order valence-electron chi connectivity index (χ4n) is 0.679. The van der Waals surface area contributed by atoms with Gasteiger partial charge in [-0.25, -0.2) is 0 Å². The lowest BCUT2D eigenvalue weighted by atomic mass is 10.3. The molecule has 1 N–H and O–H groups in total. The third-order valence-electron chi connectivity index (χ3n) is 1.24. The van der Waals surface area contributed by atoms with Gasteiger partial charge in [0, 0.05) is 12.4 Å². The van der Waals surface area contributed by atoms with Gasteiger partial charge in [-0.2, -0.15) is 0 Å². The van der Waals surface area contributed by atoms with Crippen molar-refractivity contribution in [1.82, 2.24) is 9.97 Å². The summed E-state index contributed by atoms with van der Waals surface area (Å²) in [5.74, 6) is -0.158. The van der Waals surface area contributed by atoms with Crippen molar-refractivity contribution < 1.29 is 4.79 Å². The van der Waals surface area contributed by atoms with E-state index in [1.165, 1.54) is 6.20 Å². The minimum absolute atomic E-state index is 0.158. The highest BCUT2D eigenvalue weighted by molar-refractivity contribution is 6.34. The quantitative estimate of drug-likeness (QED) is 0.615. The van der Waals surface area contributed by atoms with Gasteiger partial charge in [0.25, 0.3) is 0 Å². The molecule has 1 rings (SSSR count). The third-order valence-corrected chi connectivity index (χ3v) is 2.02. The molecule has 0 aliphatic carbocycles. The first-order chi connectivity index (χ1) is 5.25. The molecule has 1 amide bonds. The van der Waals surface area contributed by atoms with Gasteiger partial charge in [0.2, 0.25) is 5.91 Å². The number of pyridine rings is 1. The zero-order valence-corrected chi connectivity index (χ0v) is 8.72. The van der Waals surface area contributed by atoms with Crippen LogP contribution in [0.4, 0.5) is 0 Å². The van der Waals surface area contributed by atoms with Gasteiger partial charge in [0.1, 0.15) is 10.4 Å². The molecular weight excluding hydrogens is 180 g/mol. The molecule has 0 spiro atoms. The van der Waals surface area contributed by atoms with E-state index in [0.29, 0.717) is 21.0 Å². The van der Waals surface area contributed by atoms with Crippen molar-refractivity contribution in [1.29, 1.82) is 0 Å². The maximum Gasteiger partial charge on any atom is 0.245 e. The molecular formula is C6H7ClN2OSi. The minimum Gasteiger partial charge on any atom is -0.387 e. The molecule has 0 aliphatic heterocycles. The highest BCUT2D eigenvalue weighted by Crippen LogP contribution is 2.12. The summed E-state index contributed by atoms with van der Waals surface area (Å²) in [5.41, 5.74) is 0.434. The zero-order chi connectivity index (χ0) is 8.27. The molecule has 0 bridgehead atoms. The number of nitrogens with one attached hydrogen (secondary N) is 1. The molecule has 1 heterocycles. The van der Waals surface area contributed by atoms with Crippen LogP contribution in [0.3, 0.4) is 0 Å². The van der Waals surface area contributed by atoms with E-state index in [9.17, 15) is 4.79 Å². The zero-order valence-electron chi connectivity index (χ0n) is 5.97.